The van der Waals surface area contributed by atoms with E-state index in [1.165, 1.54) is 20.3 Å². The van der Waals surface area contributed by atoms with Gasteiger partial charge >= 0.3 is 5.63 Å². The summed E-state index contributed by atoms with van der Waals surface area (Å²) < 4.78 is 39.5. The van der Waals surface area contributed by atoms with Crippen LogP contribution in [0.5, 0.6) is 23.0 Å². The highest BCUT2D eigenvalue weighted by molar-refractivity contribution is 6.06. The van der Waals surface area contributed by atoms with Gasteiger partial charge in [-0.3, -0.25) is 4.79 Å². The van der Waals surface area contributed by atoms with Gasteiger partial charge in [-0.15, -0.1) is 0 Å². The minimum absolute atomic E-state index is 0.0527. The summed E-state index contributed by atoms with van der Waals surface area (Å²) in [5, 5.41) is 13.7. The van der Waals surface area contributed by atoms with Crippen molar-refractivity contribution >= 4 is 22.6 Å². The quantitative estimate of drug-likeness (QED) is 0.251. The molecule has 0 saturated carbocycles. The van der Waals surface area contributed by atoms with Crippen molar-refractivity contribution in [3.05, 3.63) is 76.6 Å². The topological polar surface area (TPSA) is 135 Å². The second kappa shape index (κ2) is 12.6. The smallest absolute Gasteiger partial charge is 0.360 e. The van der Waals surface area contributed by atoms with E-state index in [1.54, 1.807) is 58.4 Å². The van der Waals surface area contributed by atoms with Crippen molar-refractivity contribution in [3.8, 4) is 34.1 Å². The fraction of sp³-hybridized carbons (Fsp3) is 0.333. The Morgan fingerprint density at radius 3 is 2.41 bits per heavy atom. The standard InChI is InChI=1S/C33H35NO10/c1-33(2)30(41-6)24(35)17-27(44-33)42-26-13-10-19-16-23(32(37)43-28(19)29(26)40-5)34-31(36)20-11-12-25(39-4)22(15-20)18-8-7-9-21(14-18)38-3/h7-16,24,27,30,35H,17H2,1-6H3,(H,34,36)/t24?,27-,30?/m1/s1. The Balaban J connectivity index is 1.41. The number of benzene rings is 3. The van der Waals surface area contributed by atoms with Gasteiger partial charge in [-0.05, 0) is 67.9 Å². The van der Waals surface area contributed by atoms with E-state index in [-0.39, 0.29) is 29.2 Å². The zero-order valence-corrected chi connectivity index (χ0v) is 25.3. The second-order valence-electron chi connectivity index (χ2n) is 10.8. The van der Waals surface area contributed by atoms with Gasteiger partial charge in [0.2, 0.25) is 12.0 Å². The first kappa shape index (κ1) is 30.9. The molecular weight excluding hydrogens is 570 g/mol. The summed E-state index contributed by atoms with van der Waals surface area (Å²) in [7, 11) is 6.06. The predicted octanol–water partition coefficient (Wildman–Crippen LogP) is 5.02. The lowest BCUT2D eigenvalue weighted by molar-refractivity contribution is -0.264. The van der Waals surface area contributed by atoms with Crippen LogP contribution in [0.1, 0.15) is 30.6 Å². The zero-order chi connectivity index (χ0) is 31.6. The first-order valence-corrected chi connectivity index (χ1v) is 13.9. The molecule has 232 valence electrons. The molecule has 2 N–H and O–H groups in total. The van der Waals surface area contributed by atoms with Crippen molar-refractivity contribution in [2.45, 2.75) is 44.4 Å². The van der Waals surface area contributed by atoms with Crippen LogP contribution in [0.3, 0.4) is 0 Å². The van der Waals surface area contributed by atoms with Crippen molar-refractivity contribution < 1.29 is 42.7 Å². The predicted molar refractivity (Wildman–Crippen MR) is 163 cm³/mol. The van der Waals surface area contributed by atoms with Crippen LogP contribution >= 0.6 is 0 Å². The lowest BCUT2D eigenvalue weighted by atomic mass is 9.91. The third kappa shape index (κ3) is 6.07. The maximum atomic E-state index is 13.3. The van der Waals surface area contributed by atoms with Gasteiger partial charge in [0, 0.05) is 30.0 Å². The number of nitrogens with one attached hydrogen (secondary N) is 1. The average molecular weight is 606 g/mol. The number of hydrogen-bond acceptors (Lipinski definition) is 10. The molecule has 3 atom stereocenters. The van der Waals surface area contributed by atoms with E-state index in [2.05, 4.69) is 5.32 Å². The summed E-state index contributed by atoms with van der Waals surface area (Å²) in [5.74, 6) is 1.14. The number of hydrogen-bond donors (Lipinski definition) is 2. The number of amides is 1. The third-order valence-electron chi connectivity index (χ3n) is 7.53. The maximum absolute atomic E-state index is 13.3. The van der Waals surface area contributed by atoms with E-state index in [0.29, 0.717) is 28.0 Å². The fourth-order valence-electron chi connectivity index (χ4n) is 5.47. The summed E-state index contributed by atoms with van der Waals surface area (Å²) in [6, 6.07) is 17.2. The fourth-order valence-corrected chi connectivity index (χ4v) is 5.47. The highest BCUT2D eigenvalue weighted by atomic mass is 16.7. The Morgan fingerprint density at radius 2 is 1.73 bits per heavy atom. The van der Waals surface area contributed by atoms with Crippen molar-refractivity contribution in [2.24, 2.45) is 0 Å². The summed E-state index contributed by atoms with van der Waals surface area (Å²) in [4.78, 5) is 26.3. The zero-order valence-electron chi connectivity index (χ0n) is 25.3. The Hall–Kier alpha value is -4.58. The number of aliphatic hydroxyl groups excluding tert-OH is 1. The van der Waals surface area contributed by atoms with Crippen LogP contribution in [0.15, 0.2) is 69.9 Å². The molecule has 5 rings (SSSR count). The van der Waals surface area contributed by atoms with Crippen LogP contribution < -0.4 is 29.9 Å². The molecule has 1 saturated heterocycles. The van der Waals surface area contributed by atoms with Crippen LogP contribution in [0, 0.1) is 0 Å². The van der Waals surface area contributed by atoms with Crippen LogP contribution in [0.25, 0.3) is 22.1 Å². The molecule has 4 aromatic rings. The molecule has 0 aliphatic carbocycles. The van der Waals surface area contributed by atoms with E-state index in [4.69, 9.17) is 32.8 Å². The molecule has 1 aliphatic heterocycles. The molecule has 0 radical (unpaired) electrons. The maximum Gasteiger partial charge on any atom is 0.360 e. The second-order valence-corrected chi connectivity index (χ2v) is 10.8. The van der Waals surface area contributed by atoms with Crippen LogP contribution in [0.2, 0.25) is 0 Å². The SMILES string of the molecule is COc1cccc(-c2cc(C(=O)Nc3cc4ccc(O[C@H]5CC(O)C(OC)C(C)(C)O5)c(OC)c4oc3=O)ccc2OC)c1. The van der Waals surface area contributed by atoms with E-state index in [1.807, 2.05) is 24.3 Å². The minimum Gasteiger partial charge on any atom is -0.497 e. The molecule has 3 aromatic carbocycles. The van der Waals surface area contributed by atoms with Gasteiger partial charge in [-0.2, -0.15) is 0 Å². The van der Waals surface area contributed by atoms with Gasteiger partial charge in [-0.1, -0.05) is 12.1 Å². The number of anilines is 1. The Kier molecular flexibility index (Phi) is 8.82. The lowest BCUT2D eigenvalue weighted by Gasteiger charge is -2.44. The normalized spacial score (nSPS) is 19.3. The van der Waals surface area contributed by atoms with Crippen molar-refractivity contribution in [1.29, 1.82) is 0 Å². The summed E-state index contributed by atoms with van der Waals surface area (Å²) >= 11 is 0. The van der Waals surface area contributed by atoms with Crippen molar-refractivity contribution in [3.63, 3.8) is 0 Å². The molecule has 11 nitrogen and oxygen atoms in total. The molecule has 11 heteroatoms. The average Bonchev–Trinajstić information content (AvgIpc) is 3.00. The molecule has 0 bridgehead atoms. The Labute approximate surface area is 254 Å². The summed E-state index contributed by atoms with van der Waals surface area (Å²) in [6.07, 6.45) is -2.00. The molecule has 1 fully saturated rings. The highest BCUT2D eigenvalue weighted by Crippen LogP contribution is 2.39. The van der Waals surface area contributed by atoms with Crippen molar-refractivity contribution in [2.75, 3.05) is 33.8 Å². The van der Waals surface area contributed by atoms with Gasteiger partial charge < -0.3 is 43.3 Å². The van der Waals surface area contributed by atoms with Crippen LogP contribution in [-0.2, 0) is 9.47 Å². The molecule has 1 aliphatic rings. The lowest BCUT2D eigenvalue weighted by Crippen LogP contribution is -2.56. The Morgan fingerprint density at radius 1 is 0.955 bits per heavy atom. The molecule has 44 heavy (non-hydrogen) atoms. The number of carbonyl (C=O) groups excluding carboxylic acids is 1. The number of fused-ring (bicyclic) bond motifs is 1. The molecule has 0 spiro atoms. The molecular formula is C33H35NO10. The van der Waals surface area contributed by atoms with E-state index in [9.17, 15) is 14.7 Å². The largest absolute Gasteiger partial charge is 0.497 e. The van der Waals surface area contributed by atoms with Gasteiger partial charge in [-0.25, -0.2) is 4.79 Å². The molecule has 2 heterocycles. The van der Waals surface area contributed by atoms with Crippen molar-refractivity contribution in [1.82, 2.24) is 0 Å². The summed E-state index contributed by atoms with van der Waals surface area (Å²) in [5.41, 5.74) is 0.249. The molecule has 2 unspecified atom stereocenters. The van der Waals surface area contributed by atoms with Crippen LogP contribution in [0.4, 0.5) is 5.69 Å². The first-order chi connectivity index (χ1) is 21.1. The number of carbonyl (C=O) groups is 1. The number of ether oxygens (including phenoxy) is 6. The van der Waals surface area contributed by atoms with Gasteiger partial charge in [0.25, 0.3) is 5.91 Å². The van der Waals surface area contributed by atoms with Gasteiger partial charge in [0.15, 0.2) is 11.3 Å². The monoisotopic (exact) mass is 605 g/mol. The molecule has 1 amide bonds. The number of aliphatic hydroxyl groups is 1. The summed E-state index contributed by atoms with van der Waals surface area (Å²) in [6.45, 7) is 3.61. The van der Waals surface area contributed by atoms with E-state index < -0.39 is 35.6 Å². The Bertz CT molecular complexity index is 1730. The minimum atomic E-state index is -0.820. The third-order valence-corrected chi connectivity index (χ3v) is 7.53. The molecule has 1 aromatic heterocycles. The van der Waals surface area contributed by atoms with E-state index in [0.717, 1.165) is 5.56 Å². The number of rotatable bonds is 9. The van der Waals surface area contributed by atoms with E-state index >= 15 is 0 Å². The highest BCUT2D eigenvalue weighted by Gasteiger charge is 2.45. The number of methoxy groups -OCH3 is 4. The van der Waals surface area contributed by atoms with Gasteiger partial charge in [0.1, 0.15) is 23.3 Å². The van der Waals surface area contributed by atoms with Crippen LogP contribution in [-0.4, -0.2) is 63.6 Å². The van der Waals surface area contributed by atoms with Gasteiger partial charge in [0.05, 0.1) is 33.0 Å². The first-order valence-electron chi connectivity index (χ1n) is 13.9.